The van der Waals surface area contributed by atoms with Crippen molar-refractivity contribution in [2.24, 2.45) is 166 Å². The minimum absolute atomic E-state index is 0. The van der Waals surface area contributed by atoms with E-state index in [9.17, 15) is 99.5 Å². The van der Waals surface area contributed by atoms with E-state index in [-0.39, 0.29) is 108 Å². The molecule has 117 heavy (non-hydrogen) atoms. The highest BCUT2D eigenvalue weighted by atomic mass is 35.6. The molecule has 0 aromatic rings. The molecule has 16 fully saturated rings. The van der Waals surface area contributed by atoms with E-state index in [1.165, 1.54) is 51.4 Å². The largest absolute Gasteiger partial charge is 0.426 e. The summed E-state index contributed by atoms with van der Waals surface area (Å²) in [5.41, 5.74) is -11.6. The van der Waals surface area contributed by atoms with Gasteiger partial charge in [-0.3, -0.25) is 0 Å². The van der Waals surface area contributed by atoms with Gasteiger partial charge in [0.1, 0.15) is 6.10 Å². The van der Waals surface area contributed by atoms with Crippen molar-refractivity contribution in [3.8, 4) is 0 Å². The highest BCUT2D eigenvalue weighted by molar-refractivity contribution is 7.16. The Kier molecular flexibility index (Phi) is 40.6. The Morgan fingerprint density at radius 1 is 0.299 bits per heavy atom. The number of rotatable bonds is 12. The zero-order chi connectivity index (χ0) is 82.0. The molecule has 0 aliphatic heterocycles. The second-order valence-corrected chi connectivity index (χ2v) is 61.2. The third kappa shape index (κ3) is 25.0. The first-order valence-electron chi connectivity index (χ1n) is 40.1. The van der Waals surface area contributed by atoms with Crippen molar-refractivity contribution in [1.82, 2.24) is 0 Å². The van der Waals surface area contributed by atoms with Crippen LogP contribution in [0.25, 0.3) is 0 Å². The number of halogens is 21. The highest BCUT2D eigenvalue weighted by Crippen LogP contribution is 2.74. The van der Waals surface area contributed by atoms with Crippen LogP contribution < -0.4 is 0 Å². The molecule has 30 atom stereocenters. The van der Waals surface area contributed by atoms with Crippen LogP contribution in [0.2, 0.25) is 58.9 Å². The molecule has 16 aliphatic rings. The highest BCUT2D eigenvalue weighted by Gasteiger charge is 2.75. The smallest absolute Gasteiger partial charge is 0.421 e. The van der Waals surface area contributed by atoms with Crippen molar-refractivity contribution in [3.63, 3.8) is 0 Å². The third-order valence-electron chi connectivity index (χ3n) is 30.7. The molecular formula is C84H155Cl3F18O8Si4. The van der Waals surface area contributed by atoms with Crippen LogP contribution in [-0.4, -0.2) is 140 Å². The summed E-state index contributed by atoms with van der Waals surface area (Å²) in [6, 6.07) is 0. The summed E-state index contributed by atoms with van der Waals surface area (Å²) in [5, 5.41) is 38.1. The molecule has 0 aromatic carbocycles. The van der Waals surface area contributed by atoms with E-state index in [1.54, 1.807) is 28.4 Å². The van der Waals surface area contributed by atoms with E-state index in [2.05, 4.69) is 19.6 Å². The lowest BCUT2D eigenvalue weighted by molar-refractivity contribution is -0.374. The van der Waals surface area contributed by atoms with Crippen LogP contribution in [0.5, 0.6) is 0 Å². The molecule has 0 spiro atoms. The van der Waals surface area contributed by atoms with Gasteiger partial charge in [0, 0.05) is 28.4 Å². The van der Waals surface area contributed by atoms with Crippen molar-refractivity contribution in [3.05, 3.63) is 0 Å². The van der Waals surface area contributed by atoms with E-state index in [0.717, 1.165) is 107 Å². The molecule has 0 amide bonds. The Hall–Kier alpha value is 0.158. The molecule has 0 aromatic heterocycles. The molecule has 0 radical (unpaired) electrons. The van der Waals surface area contributed by atoms with Crippen LogP contribution in [0, 0.1) is 166 Å². The van der Waals surface area contributed by atoms with Crippen LogP contribution in [0.15, 0.2) is 0 Å². The van der Waals surface area contributed by atoms with Gasteiger partial charge in [0.15, 0.2) is 13.9 Å². The summed E-state index contributed by atoms with van der Waals surface area (Å²) in [4.78, 5) is 0. The number of aliphatic hydroxyl groups excluding tert-OH is 1. The van der Waals surface area contributed by atoms with Gasteiger partial charge < -0.3 is 38.1 Å². The van der Waals surface area contributed by atoms with Gasteiger partial charge in [-0.1, -0.05) is 59.4 Å². The number of aliphatic hydroxyl groups is 4. The Bertz CT molecular complexity index is 2810. The van der Waals surface area contributed by atoms with E-state index in [1.807, 2.05) is 39.3 Å². The first-order chi connectivity index (χ1) is 49.5. The molecule has 16 bridgehead atoms. The van der Waals surface area contributed by atoms with Crippen molar-refractivity contribution in [1.29, 1.82) is 0 Å². The molecule has 16 aliphatic carbocycles. The Morgan fingerprint density at radius 3 is 0.667 bits per heavy atom. The summed E-state index contributed by atoms with van der Waals surface area (Å²) in [7, 11) is 0.576. The van der Waals surface area contributed by atoms with Gasteiger partial charge in [-0.25, -0.2) is 0 Å². The molecular weight excluding hydrogens is 1700 g/mol. The molecule has 0 heterocycles. The molecule has 16 rings (SSSR count). The summed E-state index contributed by atoms with van der Waals surface area (Å²) in [5.74, 6) is 12.0. The van der Waals surface area contributed by atoms with Crippen LogP contribution in [0.1, 0.15) is 220 Å². The predicted octanol–water partition coefficient (Wildman–Crippen LogP) is 28.0. The number of fused-ring (bicyclic) bond motifs is 36. The predicted molar refractivity (Wildman–Crippen MR) is 447 cm³/mol. The van der Waals surface area contributed by atoms with Crippen molar-refractivity contribution >= 4 is 64.4 Å². The van der Waals surface area contributed by atoms with E-state index in [0.29, 0.717) is 95.7 Å². The van der Waals surface area contributed by atoms with Gasteiger partial charge in [0.2, 0.25) is 0 Å². The van der Waals surface area contributed by atoms with Crippen molar-refractivity contribution in [2.45, 2.75) is 339 Å². The average Bonchev–Trinajstić information content (AvgIpc) is 1.57. The van der Waals surface area contributed by atoms with Gasteiger partial charge in [0.25, 0.3) is 34.1 Å². The fourth-order valence-electron chi connectivity index (χ4n) is 26.4. The lowest BCUT2D eigenvalue weighted by Crippen LogP contribution is -2.58. The van der Waals surface area contributed by atoms with E-state index >= 15 is 0 Å². The average molecular weight is 1850 g/mol. The molecule has 33 heteroatoms. The van der Waals surface area contributed by atoms with Crippen LogP contribution >= 0.6 is 33.2 Å². The standard InChI is InChI=1S/2C16H20F6O.C16H23F3O.C15H21F3O.C4H12OSi.3C3H9ClOSi.8CH4/c2*17-15(18,19)14(23,16(20,21)22)6-10-4-9-5-11(10)13-8-2-1-7(3-8)12(9)13;1-15(20,16(17,18)19)7-11-5-10-6-12(11)14-9-3-2-8(4-9)13(10)14;16-15(17,18)12(19)6-9-4-10-5-11(9)14-8-2-1-7(3-8)13(10)14;4*1-5-6(2,3)4;;;;;;;;/h2*7-13,23H,1-6H2;8-14,20H,2-7H2,1H3;7-14,19H,1-6H2;1-4H3;3*1-3H3;8*1H4. The monoisotopic (exact) mass is 1850 g/mol. The first kappa shape index (κ1) is 115. The minimum Gasteiger partial charge on any atom is -0.421 e. The van der Waals surface area contributed by atoms with Gasteiger partial charge in [0.05, 0.1) is 0 Å². The lowest BCUT2D eigenvalue weighted by Gasteiger charge is -2.42. The van der Waals surface area contributed by atoms with Crippen molar-refractivity contribution < 1.29 is 117 Å². The molecule has 8 nitrogen and oxygen atoms in total. The van der Waals surface area contributed by atoms with E-state index in [4.69, 9.17) is 50.9 Å². The normalized spacial score (nSPS) is 38.0. The number of hydrogen-bond donors (Lipinski definition) is 4. The maximum absolute atomic E-state index is 12.9. The van der Waals surface area contributed by atoms with Crippen LogP contribution in [0.4, 0.5) is 79.0 Å². The molecule has 30 unspecified atom stereocenters. The molecule has 16 saturated carbocycles. The molecule has 4 N–H and O–H groups in total. The van der Waals surface area contributed by atoms with Crippen LogP contribution in [-0.2, 0) is 17.7 Å². The topological polar surface area (TPSA) is 118 Å². The SMILES string of the molecule is C.C.C.C.C.C.C.C.CC(O)(CC1CC2CC1C1C3CCC(C3)C21)C(F)(F)F.CO[Si](C)(C)C.CO[Si](C)(C)Cl.CO[Si](C)(C)Cl.CO[Si](C)(C)Cl.OC(CC1CC2CC1C1C3CCC(C3)C21)(C(F)(F)F)C(F)(F)F.OC(CC1CC2CC1C1C3CCC(C3)C21)(C(F)(F)F)C(F)(F)F.OC(CC1CC2CC1C1C3CCC(C3)C21)C(F)(F)F. The van der Waals surface area contributed by atoms with Crippen LogP contribution in [0.3, 0.4) is 0 Å². The summed E-state index contributed by atoms with van der Waals surface area (Å²) >= 11 is 16.9. The maximum Gasteiger partial charge on any atom is 0.426 e. The summed E-state index contributed by atoms with van der Waals surface area (Å²) < 4.78 is 251. The maximum atomic E-state index is 12.9. The zero-order valence-electron chi connectivity index (χ0n) is 65.6. The quantitative estimate of drug-likeness (QED) is 0.0661. The number of alkyl halides is 18. The Balaban J connectivity index is 0.000000699. The second-order valence-electron chi connectivity index (χ2n) is 39.0. The lowest BCUT2D eigenvalue weighted by atomic mass is 9.65. The zero-order valence-corrected chi connectivity index (χ0v) is 71.8. The first-order valence-corrected chi connectivity index (χ1v) is 55.2. The third-order valence-corrected chi connectivity index (χ3v) is 36.2. The van der Waals surface area contributed by atoms with Gasteiger partial charge in [-0.15, -0.1) is 33.2 Å². The van der Waals surface area contributed by atoms with Gasteiger partial charge in [-0.05, 0) is 386 Å². The summed E-state index contributed by atoms with van der Waals surface area (Å²) in [6.07, 6.45) is -15.1. The fourth-order valence-corrected chi connectivity index (χ4v) is 26.4. The molecule has 0 saturated heterocycles. The number of hydrogen-bond acceptors (Lipinski definition) is 8. The van der Waals surface area contributed by atoms with Gasteiger partial charge >= 0.3 is 37.1 Å². The van der Waals surface area contributed by atoms with Crippen molar-refractivity contribution in [2.75, 3.05) is 28.4 Å². The Labute approximate surface area is 711 Å². The van der Waals surface area contributed by atoms with Gasteiger partial charge in [-0.2, -0.15) is 79.0 Å². The summed E-state index contributed by atoms with van der Waals surface area (Å²) in [6.45, 7) is 19.0. The second kappa shape index (κ2) is 41.3. The molecule has 702 valence electrons. The Morgan fingerprint density at radius 2 is 0.487 bits per heavy atom. The fraction of sp³-hybridized carbons (Fsp3) is 1.00. The van der Waals surface area contributed by atoms with E-state index < -0.39 is 116 Å². The minimum atomic E-state index is -5.68.